The second-order valence-corrected chi connectivity index (χ2v) is 4.02. The van der Waals surface area contributed by atoms with Crippen molar-refractivity contribution in [2.24, 2.45) is 0 Å². The topological polar surface area (TPSA) is 26.3 Å². The SMILES string of the molecule is Cc1ccccc1COc1ccc(F)cc1C=O. The van der Waals surface area contributed by atoms with Gasteiger partial charge in [-0.05, 0) is 36.2 Å². The zero-order valence-corrected chi connectivity index (χ0v) is 10.0. The maximum atomic E-state index is 12.9. The van der Waals surface area contributed by atoms with Crippen molar-refractivity contribution >= 4 is 6.29 Å². The molecule has 0 saturated heterocycles. The fourth-order valence-corrected chi connectivity index (χ4v) is 1.67. The molecule has 18 heavy (non-hydrogen) atoms. The van der Waals surface area contributed by atoms with Gasteiger partial charge in [-0.1, -0.05) is 24.3 Å². The van der Waals surface area contributed by atoms with Gasteiger partial charge in [0.1, 0.15) is 18.2 Å². The molecule has 2 nitrogen and oxygen atoms in total. The van der Waals surface area contributed by atoms with Crippen LogP contribution in [0.3, 0.4) is 0 Å². The predicted octanol–water partition coefficient (Wildman–Crippen LogP) is 3.53. The molecular weight excluding hydrogens is 231 g/mol. The molecule has 2 aromatic rings. The highest BCUT2D eigenvalue weighted by Gasteiger charge is 2.05. The van der Waals surface area contributed by atoms with E-state index in [9.17, 15) is 9.18 Å². The fraction of sp³-hybridized carbons (Fsp3) is 0.133. The molecule has 0 aliphatic heterocycles. The van der Waals surface area contributed by atoms with Crippen LogP contribution < -0.4 is 4.74 Å². The van der Waals surface area contributed by atoms with Gasteiger partial charge < -0.3 is 4.74 Å². The van der Waals surface area contributed by atoms with Crippen LogP contribution in [0.1, 0.15) is 21.5 Å². The van der Waals surface area contributed by atoms with E-state index in [0.29, 0.717) is 18.6 Å². The van der Waals surface area contributed by atoms with E-state index in [1.165, 1.54) is 18.2 Å². The molecular formula is C15H13FO2. The zero-order valence-electron chi connectivity index (χ0n) is 10.0. The number of aldehydes is 1. The van der Waals surface area contributed by atoms with Crippen molar-refractivity contribution in [1.29, 1.82) is 0 Å². The first-order chi connectivity index (χ1) is 8.70. The van der Waals surface area contributed by atoms with Crippen LogP contribution in [0.15, 0.2) is 42.5 Å². The second kappa shape index (κ2) is 5.45. The first kappa shape index (κ1) is 12.3. The third-order valence-corrected chi connectivity index (χ3v) is 2.74. The molecule has 0 radical (unpaired) electrons. The smallest absolute Gasteiger partial charge is 0.153 e. The fourth-order valence-electron chi connectivity index (χ4n) is 1.67. The number of halogens is 1. The summed E-state index contributed by atoms with van der Waals surface area (Å²) in [7, 11) is 0. The van der Waals surface area contributed by atoms with E-state index in [1.807, 2.05) is 31.2 Å². The van der Waals surface area contributed by atoms with E-state index in [4.69, 9.17) is 4.74 Å². The van der Waals surface area contributed by atoms with E-state index in [2.05, 4.69) is 0 Å². The number of carbonyl (C=O) groups excluding carboxylic acids is 1. The summed E-state index contributed by atoms with van der Waals surface area (Å²) in [5.74, 6) is -0.0463. The standard InChI is InChI=1S/C15H13FO2/c1-11-4-2-3-5-12(11)10-18-15-7-6-14(16)8-13(15)9-17/h2-9H,10H2,1H3. The number of benzene rings is 2. The normalized spacial score (nSPS) is 10.1. The molecule has 0 bridgehead atoms. The van der Waals surface area contributed by atoms with E-state index < -0.39 is 5.82 Å². The number of ether oxygens (including phenoxy) is 1. The van der Waals surface area contributed by atoms with Crippen molar-refractivity contribution in [2.45, 2.75) is 13.5 Å². The molecule has 0 atom stereocenters. The Balaban J connectivity index is 2.16. The molecule has 0 unspecified atom stereocenters. The van der Waals surface area contributed by atoms with Gasteiger partial charge in [0.25, 0.3) is 0 Å². The lowest BCUT2D eigenvalue weighted by Crippen LogP contribution is -2.00. The van der Waals surface area contributed by atoms with Crippen molar-refractivity contribution in [3.05, 3.63) is 65.0 Å². The van der Waals surface area contributed by atoms with Crippen molar-refractivity contribution in [1.82, 2.24) is 0 Å². The van der Waals surface area contributed by atoms with Crippen LogP contribution in [-0.4, -0.2) is 6.29 Å². The van der Waals surface area contributed by atoms with Crippen LogP contribution in [-0.2, 0) is 6.61 Å². The van der Waals surface area contributed by atoms with E-state index >= 15 is 0 Å². The number of rotatable bonds is 4. The summed E-state index contributed by atoms with van der Waals surface area (Å²) in [6.07, 6.45) is 0.594. The maximum absolute atomic E-state index is 12.9. The minimum absolute atomic E-state index is 0.226. The van der Waals surface area contributed by atoms with E-state index in [0.717, 1.165) is 11.1 Å². The zero-order chi connectivity index (χ0) is 13.0. The third kappa shape index (κ3) is 2.74. The summed E-state index contributed by atoms with van der Waals surface area (Å²) in [6, 6.07) is 11.7. The van der Waals surface area contributed by atoms with Crippen LogP contribution in [0.5, 0.6) is 5.75 Å². The highest BCUT2D eigenvalue weighted by atomic mass is 19.1. The lowest BCUT2D eigenvalue weighted by molar-refractivity contribution is 0.111. The maximum Gasteiger partial charge on any atom is 0.153 e. The number of hydrogen-bond acceptors (Lipinski definition) is 2. The van der Waals surface area contributed by atoms with Gasteiger partial charge >= 0.3 is 0 Å². The summed E-state index contributed by atoms with van der Waals surface area (Å²) in [6.45, 7) is 2.35. The summed E-state index contributed by atoms with van der Waals surface area (Å²) < 4.78 is 18.5. The van der Waals surface area contributed by atoms with Crippen LogP contribution in [0, 0.1) is 12.7 Å². The Morgan fingerprint density at radius 3 is 2.72 bits per heavy atom. The molecule has 3 heteroatoms. The van der Waals surface area contributed by atoms with Gasteiger partial charge in [0, 0.05) is 0 Å². The predicted molar refractivity (Wildman–Crippen MR) is 67.3 cm³/mol. The van der Waals surface area contributed by atoms with Crippen LogP contribution in [0.2, 0.25) is 0 Å². The monoisotopic (exact) mass is 244 g/mol. The number of aryl methyl sites for hydroxylation is 1. The van der Waals surface area contributed by atoms with Crippen molar-refractivity contribution in [3.8, 4) is 5.75 Å². The van der Waals surface area contributed by atoms with Gasteiger partial charge in [0.2, 0.25) is 0 Å². The summed E-state index contributed by atoms with van der Waals surface area (Å²) in [5.41, 5.74) is 2.38. The molecule has 0 aromatic heterocycles. The van der Waals surface area contributed by atoms with E-state index in [1.54, 1.807) is 0 Å². The molecule has 0 saturated carbocycles. The van der Waals surface area contributed by atoms with Gasteiger partial charge in [0.05, 0.1) is 5.56 Å². The summed E-state index contributed by atoms with van der Waals surface area (Å²) in [4.78, 5) is 10.8. The van der Waals surface area contributed by atoms with Gasteiger partial charge in [-0.25, -0.2) is 4.39 Å². The lowest BCUT2D eigenvalue weighted by Gasteiger charge is -2.10. The van der Waals surface area contributed by atoms with Crippen LogP contribution in [0.4, 0.5) is 4.39 Å². The highest BCUT2D eigenvalue weighted by molar-refractivity contribution is 5.79. The molecule has 0 spiro atoms. The quantitative estimate of drug-likeness (QED) is 0.769. The lowest BCUT2D eigenvalue weighted by atomic mass is 10.1. The third-order valence-electron chi connectivity index (χ3n) is 2.74. The first-order valence-corrected chi connectivity index (χ1v) is 5.63. The molecule has 92 valence electrons. The van der Waals surface area contributed by atoms with Gasteiger partial charge in [-0.15, -0.1) is 0 Å². The molecule has 0 aliphatic rings. The van der Waals surface area contributed by atoms with Gasteiger partial charge in [-0.2, -0.15) is 0 Å². The van der Waals surface area contributed by atoms with Gasteiger partial charge in [-0.3, -0.25) is 4.79 Å². The average Bonchev–Trinajstić information content (AvgIpc) is 2.39. The minimum atomic E-state index is -0.444. The molecule has 0 fully saturated rings. The minimum Gasteiger partial charge on any atom is -0.488 e. The Kier molecular flexibility index (Phi) is 3.72. The summed E-state index contributed by atoms with van der Waals surface area (Å²) >= 11 is 0. The molecule has 2 aromatic carbocycles. The summed E-state index contributed by atoms with van der Waals surface area (Å²) in [5, 5.41) is 0. The van der Waals surface area contributed by atoms with Crippen LogP contribution >= 0.6 is 0 Å². The Labute approximate surface area is 105 Å². The Hall–Kier alpha value is -2.16. The van der Waals surface area contributed by atoms with Crippen molar-refractivity contribution in [2.75, 3.05) is 0 Å². The Bertz CT molecular complexity index is 564. The van der Waals surface area contributed by atoms with E-state index in [-0.39, 0.29) is 5.56 Å². The molecule has 0 heterocycles. The largest absolute Gasteiger partial charge is 0.488 e. The Morgan fingerprint density at radius 2 is 2.00 bits per heavy atom. The van der Waals surface area contributed by atoms with Crippen LogP contribution in [0.25, 0.3) is 0 Å². The molecule has 0 N–H and O–H groups in total. The highest BCUT2D eigenvalue weighted by Crippen LogP contribution is 2.20. The second-order valence-electron chi connectivity index (χ2n) is 4.02. The number of hydrogen-bond donors (Lipinski definition) is 0. The van der Waals surface area contributed by atoms with Crippen molar-refractivity contribution < 1.29 is 13.9 Å². The first-order valence-electron chi connectivity index (χ1n) is 5.63. The van der Waals surface area contributed by atoms with Crippen molar-refractivity contribution in [3.63, 3.8) is 0 Å². The average molecular weight is 244 g/mol. The molecule has 0 aliphatic carbocycles. The molecule has 2 rings (SSSR count). The number of carbonyl (C=O) groups is 1. The Morgan fingerprint density at radius 1 is 1.22 bits per heavy atom. The molecule has 0 amide bonds. The van der Waals surface area contributed by atoms with Gasteiger partial charge in [0.15, 0.2) is 6.29 Å².